The molecule has 0 spiro atoms. The predicted octanol–water partition coefficient (Wildman–Crippen LogP) is 3.61. The van der Waals surface area contributed by atoms with Gasteiger partial charge in [0.25, 0.3) is 0 Å². The van der Waals surface area contributed by atoms with E-state index >= 15 is 0 Å². The van der Waals surface area contributed by atoms with Crippen LogP contribution in [0.4, 0.5) is 0 Å². The van der Waals surface area contributed by atoms with E-state index in [1.54, 1.807) is 0 Å². The lowest BCUT2D eigenvalue weighted by Gasteiger charge is -2.60. The molecule has 0 aromatic heterocycles. The summed E-state index contributed by atoms with van der Waals surface area (Å²) in [6, 6.07) is 10.7. The van der Waals surface area contributed by atoms with Gasteiger partial charge in [0.2, 0.25) is 0 Å². The van der Waals surface area contributed by atoms with Gasteiger partial charge in [0.1, 0.15) is 0 Å². The van der Waals surface area contributed by atoms with Crippen LogP contribution in [-0.2, 0) is 10.2 Å². The second-order valence-corrected chi connectivity index (χ2v) is 7.19. The number of aliphatic carboxylic acids is 1. The van der Waals surface area contributed by atoms with Crippen molar-refractivity contribution in [1.29, 1.82) is 0 Å². The van der Waals surface area contributed by atoms with Crippen LogP contribution >= 0.6 is 0 Å². The van der Waals surface area contributed by atoms with Crippen LogP contribution < -0.4 is 0 Å². The molecule has 2 atom stereocenters. The Hall–Kier alpha value is -1.31. The fourth-order valence-electron chi connectivity index (χ4n) is 5.64. The van der Waals surface area contributed by atoms with Crippen molar-refractivity contribution in [2.24, 2.45) is 17.3 Å². The molecule has 2 nitrogen and oxygen atoms in total. The number of rotatable bonds is 2. The standard InChI is InChI=1S/C17H20O2/c18-15(19)17-9-12-6-13(10-17)8-16(7-12,11-17)14-4-2-1-3-5-14/h1-5,12-13H,6-11H2,(H,18,19)/t12-,13-,16?,17?/m0/s1. The molecule has 2 heteroatoms. The van der Waals surface area contributed by atoms with E-state index in [0.29, 0.717) is 11.8 Å². The van der Waals surface area contributed by atoms with Gasteiger partial charge in [-0.3, -0.25) is 4.79 Å². The van der Waals surface area contributed by atoms with Crippen molar-refractivity contribution in [2.75, 3.05) is 0 Å². The van der Waals surface area contributed by atoms with Crippen molar-refractivity contribution < 1.29 is 9.90 Å². The third kappa shape index (κ3) is 1.52. The van der Waals surface area contributed by atoms with E-state index in [-0.39, 0.29) is 5.41 Å². The van der Waals surface area contributed by atoms with Crippen LogP contribution in [0.1, 0.15) is 44.1 Å². The molecule has 5 rings (SSSR count). The van der Waals surface area contributed by atoms with Gasteiger partial charge in [-0.2, -0.15) is 0 Å². The SMILES string of the molecule is O=C(O)C12C[C@H]3C[C@H](C1)CC(c1ccccc1)(C3)C2. The lowest BCUT2D eigenvalue weighted by atomic mass is 9.43. The summed E-state index contributed by atoms with van der Waals surface area (Å²) in [6.45, 7) is 0. The zero-order valence-electron chi connectivity index (χ0n) is 11.1. The molecule has 1 N–H and O–H groups in total. The summed E-state index contributed by atoms with van der Waals surface area (Å²) in [5, 5.41) is 9.74. The Morgan fingerprint density at radius 1 is 1.05 bits per heavy atom. The van der Waals surface area contributed by atoms with Gasteiger partial charge in [0, 0.05) is 0 Å². The molecule has 4 aliphatic carbocycles. The van der Waals surface area contributed by atoms with Gasteiger partial charge in [-0.05, 0) is 61.3 Å². The van der Waals surface area contributed by atoms with Crippen LogP contribution in [0.5, 0.6) is 0 Å². The minimum absolute atomic E-state index is 0.156. The van der Waals surface area contributed by atoms with Crippen LogP contribution in [0, 0.1) is 17.3 Å². The van der Waals surface area contributed by atoms with Crippen molar-refractivity contribution in [1.82, 2.24) is 0 Å². The third-order valence-electron chi connectivity index (χ3n) is 5.90. The summed E-state index contributed by atoms with van der Waals surface area (Å²) in [7, 11) is 0. The topological polar surface area (TPSA) is 37.3 Å². The summed E-state index contributed by atoms with van der Waals surface area (Å²) in [5.74, 6) is 0.733. The fraction of sp³-hybridized carbons (Fsp3) is 0.588. The molecule has 4 aliphatic rings. The van der Waals surface area contributed by atoms with Crippen molar-refractivity contribution in [2.45, 2.75) is 43.9 Å². The highest BCUT2D eigenvalue weighted by Crippen LogP contribution is 2.65. The molecule has 0 radical (unpaired) electrons. The van der Waals surface area contributed by atoms with Crippen LogP contribution in [-0.4, -0.2) is 11.1 Å². The van der Waals surface area contributed by atoms with Gasteiger partial charge >= 0.3 is 5.97 Å². The van der Waals surface area contributed by atoms with Crippen LogP contribution in [0.25, 0.3) is 0 Å². The summed E-state index contributed by atoms with van der Waals surface area (Å²) < 4.78 is 0. The van der Waals surface area contributed by atoms with Gasteiger partial charge in [-0.1, -0.05) is 30.3 Å². The number of hydrogen-bond donors (Lipinski definition) is 1. The smallest absolute Gasteiger partial charge is 0.309 e. The normalized spacial score (nSPS) is 43.4. The molecule has 1 aromatic rings. The summed E-state index contributed by atoms with van der Waals surface area (Å²) >= 11 is 0. The number of hydrogen-bond acceptors (Lipinski definition) is 1. The highest BCUT2D eigenvalue weighted by Gasteiger charge is 2.61. The van der Waals surface area contributed by atoms with E-state index in [1.807, 2.05) is 0 Å². The second kappa shape index (κ2) is 3.62. The molecule has 0 saturated heterocycles. The monoisotopic (exact) mass is 256 g/mol. The molecule has 0 heterocycles. The highest BCUT2D eigenvalue weighted by atomic mass is 16.4. The van der Waals surface area contributed by atoms with Crippen LogP contribution in [0.3, 0.4) is 0 Å². The number of carboxylic acids is 1. The third-order valence-corrected chi connectivity index (χ3v) is 5.90. The number of carboxylic acid groups (broad SMARTS) is 1. The van der Waals surface area contributed by atoms with E-state index in [4.69, 9.17) is 0 Å². The maximum atomic E-state index is 11.8. The lowest BCUT2D eigenvalue weighted by Crippen LogP contribution is -2.56. The maximum Gasteiger partial charge on any atom is 0.309 e. The number of carbonyl (C=O) groups is 1. The largest absolute Gasteiger partial charge is 0.481 e. The van der Waals surface area contributed by atoms with E-state index in [2.05, 4.69) is 30.3 Å². The Labute approximate surface area is 113 Å². The Kier molecular flexibility index (Phi) is 2.19. The quantitative estimate of drug-likeness (QED) is 0.877. The zero-order valence-corrected chi connectivity index (χ0v) is 11.1. The molecule has 0 unspecified atom stereocenters. The summed E-state index contributed by atoms with van der Waals surface area (Å²) in [6.07, 6.45) is 6.40. The van der Waals surface area contributed by atoms with Gasteiger partial charge in [-0.25, -0.2) is 0 Å². The Bertz CT molecular complexity index is 505. The van der Waals surface area contributed by atoms with Gasteiger partial charge < -0.3 is 5.11 Å². The first-order valence-corrected chi connectivity index (χ1v) is 7.41. The van der Waals surface area contributed by atoms with Crippen molar-refractivity contribution in [3.05, 3.63) is 35.9 Å². The Balaban J connectivity index is 1.80. The Morgan fingerprint density at radius 3 is 2.26 bits per heavy atom. The number of benzene rings is 1. The lowest BCUT2D eigenvalue weighted by molar-refractivity contribution is -0.167. The first-order valence-electron chi connectivity index (χ1n) is 7.41. The summed E-state index contributed by atoms with van der Waals surface area (Å²) in [5.41, 5.74) is 1.12. The molecule has 100 valence electrons. The molecule has 4 saturated carbocycles. The van der Waals surface area contributed by atoms with E-state index in [9.17, 15) is 9.90 Å². The molecule has 0 aliphatic heterocycles. The minimum Gasteiger partial charge on any atom is -0.481 e. The average Bonchev–Trinajstić information content (AvgIpc) is 2.38. The second-order valence-electron chi connectivity index (χ2n) is 7.19. The first-order chi connectivity index (χ1) is 9.12. The molecule has 0 amide bonds. The van der Waals surface area contributed by atoms with E-state index in [0.717, 1.165) is 19.3 Å². The van der Waals surface area contributed by atoms with Crippen molar-refractivity contribution >= 4 is 5.97 Å². The zero-order chi connectivity index (χ0) is 13.1. The fourth-order valence-corrected chi connectivity index (χ4v) is 5.64. The van der Waals surface area contributed by atoms with Gasteiger partial charge in [0.05, 0.1) is 5.41 Å². The Morgan fingerprint density at radius 2 is 1.68 bits per heavy atom. The van der Waals surface area contributed by atoms with Crippen molar-refractivity contribution in [3.63, 3.8) is 0 Å². The van der Waals surface area contributed by atoms with Gasteiger partial charge in [0.15, 0.2) is 0 Å². The van der Waals surface area contributed by atoms with E-state index in [1.165, 1.54) is 24.8 Å². The summed E-state index contributed by atoms with van der Waals surface area (Å²) in [4.78, 5) is 11.8. The van der Waals surface area contributed by atoms with Crippen LogP contribution in [0.15, 0.2) is 30.3 Å². The van der Waals surface area contributed by atoms with Crippen LogP contribution in [0.2, 0.25) is 0 Å². The predicted molar refractivity (Wildman–Crippen MR) is 72.9 cm³/mol. The van der Waals surface area contributed by atoms with E-state index < -0.39 is 11.4 Å². The molecule has 19 heavy (non-hydrogen) atoms. The molecule has 4 bridgehead atoms. The molecule has 4 fully saturated rings. The maximum absolute atomic E-state index is 11.8. The van der Waals surface area contributed by atoms with Crippen molar-refractivity contribution in [3.8, 4) is 0 Å². The molecule has 1 aromatic carbocycles. The average molecular weight is 256 g/mol. The van der Waals surface area contributed by atoms with Gasteiger partial charge in [-0.15, -0.1) is 0 Å². The molecular formula is C17H20O2. The molecular weight excluding hydrogens is 236 g/mol. The first kappa shape index (κ1) is 11.5. The highest BCUT2D eigenvalue weighted by molar-refractivity contribution is 5.76. The minimum atomic E-state index is -0.540.